The molecule has 0 spiro atoms. The molecule has 0 radical (unpaired) electrons. The smallest absolute Gasteiger partial charge is 0.349 e. The molecule has 2 atom stereocenters. The third kappa shape index (κ3) is 19.5. The van der Waals surface area contributed by atoms with Gasteiger partial charge in [0.2, 0.25) is 8.32 Å². The van der Waals surface area contributed by atoms with Gasteiger partial charge < -0.3 is 39.8 Å². The number of methoxy groups -OCH3 is 1. The Morgan fingerprint density at radius 2 is 0.976 bits per heavy atom. The third-order valence-electron chi connectivity index (χ3n) is 15.4. The molecular weight excluding hydrogens is 1160 g/mol. The van der Waals surface area contributed by atoms with Crippen LogP contribution in [0.4, 0.5) is 0 Å². The van der Waals surface area contributed by atoms with Crippen LogP contribution in [0.1, 0.15) is 83.5 Å². The summed E-state index contributed by atoms with van der Waals surface area (Å²) in [5, 5.41) is 0. The fourth-order valence-electron chi connectivity index (χ4n) is 12.4. The van der Waals surface area contributed by atoms with Crippen LogP contribution in [0.5, 0.6) is 23.0 Å². The number of carbonyl (C=O) groups excluding carboxylic acids is 2. The second kappa shape index (κ2) is 28.9. The summed E-state index contributed by atoms with van der Waals surface area (Å²) in [7, 11) is -12.7. The molecule has 0 amide bonds. The number of esters is 2. The minimum atomic E-state index is -2.76. The normalized spacial score (nSPS) is 14.6. The number of hydrogen-bond acceptors (Lipinski definition) is 11. The van der Waals surface area contributed by atoms with Gasteiger partial charge in [0.15, 0.2) is 23.2 Å². The molecule has 0 heterocycles. The standard InChI is InChI=1S/C68H96O11Si6/c1-17-66(69)75-65-39-25-19-31-57(65)33-26-28-44-84(15,78-83(13,14)76-80(5,6)7)51-73-82(11,12)79-85(16,77-81(8,9)10)45-29-27-32-56-30-18-24-38-64(56)72-50-67(70)74-63-43-41-55(47-53(63)3)49-68(48-54-40-42-62(71-4)52(2)46-54)60-36-22-20-34-58(60)59-35-21-23-37-61(59)68/h18-25,30-31,34-43,46-47H,17,26-29,32-33,44-45,48-51H2,1-16H3. The Hall–Kier alpha value is -5.04. The average molecular weight is 1260 g/mol. The highest BCUT2D eigenvalue weighted by Crippen LogP contribution is 2.52. The lowest BCUT2D eigenvalue weighted by molar-refractivity contribution is -0.136. The van der Waals surface area contributed by atoms with Gasteiger partial charge in [-0.1, -0.05) is 129 Å². The number of ether oxygens (including phenoxy) is 4. The molecule has 0 aromatic heterocycles. The number of aryl methyl sites for hydroxylation is 4. The largest absolute Gasteiger partial charge is 0.496 e. The average Bonchev–Trinajstić information content (AvgIpc) is 1.75. The summed E-state index contributed by atoms with van der Waals surface area (Å²) in [6, 6.07) is 47.9. The van der Waals surface area contributed by atoms with Crippen LogP contribution in [0.15, 0.2) is 133 Å². The maximum Gasteiger partial charge on any atom is 0.349 e. The maximum atomic E-state index is 13.6. The second-order valence-corrected chi connectivity index (χ2v) is 50.5. The molecule has 7 rings (SSSR count). The SMILES string of the molecule is CCC(=O)Oc1ccccc1CCCC[Si](C)(CO[Si](C)(C)O[Si](C)(CCCCc1ccccc1OCC(=O)Oc1ccc(CC2(Cc3ccc(OC)c(C)c3)c3ccccc3-c3ccccc32)cc1C)O[Si](C)(C)C)O[Si](C)(C)O[Si](C)(C)C. The molecule has 6 aromatic carbocycles. The summed E-state index contributed by atoms with van der Waals surface area (Å²) in [4.78, 5) is 25.8. The molecule has 6 aromatic rings. The van der Waals surface area contributed by atoms with Crippen LogP contribution in [0, 0.1) is 13.8 Å². The van der Waals surface area contributed by atoms with Crippen molar-refractivity contribution in [2.24, 2.45) is 0 Å². The summed E-state index contributed by atoms with van der Waals surface area (Å²) in [5.41, 5.74) is 11.4. The summed E-state index contributed by atoms with van der Waals surface area (Å²) < 4.78 is 58.9. The van der Waals surface area contributed by atoms with Gasteiger partial charge in [0.25, 0.3) is 0 Å². The Bertz CT molecular complexity index is 3180. The first-order valence-electron chi connectivity index (χ1n) is 30.6. The van der Waals surface area contributed by atoms with Gasteiger partial charge in [-0.2, -0.15) is 0 Å². The fraction of sp³-hybridized carbons (Fsp3) is 0.441. The fourth-order valence-corrected chi connectivity index (χ4v) is 39.8. The Morgan fingerprint density at radius 3 is 1.52 bits per heavy atom. The lowest BCUT2D eigenvalue weighted by Crippen LogP contribution is -2.58. The molecule has 17 heteroatoms. The summed E-state index contributed by atoms with van der Waals surface area (Å²) in [6.45, 7) is 32.3. The van der Waals surface area contributed by atoms with Crippen LogP contribution in [-0.2, 0) is 61.6 Å². The highest BCUT2D eigenvalue weighted by Gasteiger charge is 2.47. The van der Waals surface area contributed by atoms with Crippen molar-refractivity contribution in [2.45, 2.75) is 175 Å². The predicted molar refractivity (Wildman–Crippen MR) is 360 cm³/mol. The minimum Gasteiger partial charge on any atom is -0.496 e. The van der Waals surface area contributed by atoms with Crippen molar-refractivity contribution in [1.29, 1.82) is 0 Å². The molecule has 1 aliphatic rings. The molecule has 11 nitrogen and oxygen atoms in total. The Morgan fingerprint density at radius 1 is 0.482 bits per heavy atom. The molecule has 1 aliphatic carbocycles. The highest BCUT2D eigenvalue weighted by molar-refractivity contribution is 6.89. The molecular formula is C68H96O11Si6. The first kappa shape index (κ1) is 67.5. The first-order chi connectivity index (χ1) is 40.0. The Kier molecular flexibility index (Phi) is 22.9. The van der Waals surface area contributed by atoms with Gasteiger partial charge in [-0.3, -0.25) is 4.79 Å². The zero-order valence-electron chi connectivity index (χ0n) is 53.9. The molecule has 0 bridgehead atoms. The topological polar surface area (TPSA) is 117 Å². The predicted octanol–water partition coefficient (Wildman–Crippen LogP) is 17.1. The van der Waals surface area contributed by atoms with Crippen molar-refractivity contribution < 1.29 is 49.4 Å². The van der Waals surface area contributed by atoms with Crippen molar-refractivity contribution in [3.8, 4) is 34.1 Å². The zero-order valence-corrected chi connectivity index (χ0v) is 59.9. The van der Waals surface area contributed by atoms with Crippen LogP contribution < -0.4 is 18.9 Å². The van der Waals surface area contributed by atoms with E-state index in [2.05, 4.69) is 170 Å². The monoisotopic (exact) mass is 1260 g/mol. The number of rotatable bonds is 32. The molecule has 458 valence electrons. The van der Waals surface area contributed by atoms with E-state index in [9.17, 15) is 9.59 Å². The third-order valence-corrected chi connectivity index (χ3v) is 36.2. The quantitative estimate of drug-likeness (QED) is 0.0174. The van der Waals surface area contributed by atoms with E-state index in [0.717, 1.165) is 97.0 Å². The number of para-hydroxylation sites is 2. The van der Waals surface area contributed by atoms with Gasteiger partial charge in [0.1, 0.15) is 23.0 Å². The van der Waals surface area contributed by atoms with Gasteiger partial charge in [-0.15, -0.1) is 0 Å². The van der Waals surface area contributed by atoms with Gasteiger partial charge in [-0.25, -0.2) is 4.79 Å². The van der Waals surface area contributed by atoms with E-state index in [1.807, 2.05) is 62.4 Å². The molecule has 0 N–H and O–H groups in total. The second-order valence-electron chi connectivity index (χ2n) is 26.5. The van der Waals surface area contributed by atoms with E-state index in [-0.39, 0.29) is 18.0 Å². The number of hydrogen-bond donors (Lipinski definition) is 0. The van der Waals surface area contributed by atoms with E-state index in [4.69, 9.17) is 39.8 Å². The maximum absolute atomic E-state index is 13.6. The Labute approximate surface area is 515 Å². The van der Waals surface area contributed by atoms with Gasteiger partial charge in [-0.05, 0) is 223 Å². The molecule has 0 saturated carbocycles. The van der Waals surface area contributed by atoms with Crippen molar-refractivity contribution >= 4 is 62.6 Å². The summed E-state index contributed by atoms with van der Waals surface area (Å²) in [6.07, 6.45) is 7.65. The highest BCUT2D eigenvalue weighted by atomic mass is 28.5. The van der Waals surface area contributed by atoms with Gasteiger partial charge in [0.05, 0.1) is 13.3 Å². The zero-order chi connectivity index (χ0) is 61.9. The van der Waals surface area contributed by atoms with Crippen LogP contribution in [0.3, 0.4) is 0 Å². The van der Waals surface area contributed by atoms with E-state index in [0.29, 0.717) is 29.9 Å². The van der Waals surface area contributed by atoms with Crippen LogP contribution in [0.2, 0.25) is 90.7 Å². The van der Waals surface area contributed by atoms with Crippen molar-refractivity contribution in [1.82, 2.24) is 0 Å². The number of unbranched alkanes of at least 4 members (excludes halogenated alkanes) is 2. The van der Waals surface area contributed by atoms with Crippen molar-refractivity contribution in [3.63, 3.8) is 0 Å². The lowest BCUT2D eigenvalue weighted by atomic mass is 9.69. The van der Waals surface area contributed by atoms with Gasteiger partial charge >= 0.3 is 37.6 Å². The van der Waals surface area contributed by atoms with Crippen molar-refractivity contribution in [3.05, 3.63) is 178 Å². The molecule has 0 aliphatic heterocycles. The molecule has 0 fully saturated rings. The lowest BCUT2D eigenvalue weighted by Gasteiger charge is -2.42. The van der Waals surface area contributed by atoms with Crippen LogP contribution in [-0.4, -0.2) is 82.5 Å². The summed E-state index contributed by atoms with van der Waals surface area (Å²) in [5.74, 6) is 2.04. The van der Waals surface area contributed by atoms with Crippen LogP contribution in [0.25, 0.3) is 11.1 Å². The first-order valence-corrected chi connectivity index (χ1v) is 48.4. The van der Waals surface area contributed by atoms with Gasteiger partial charge in [0, 0.05) is 11.8 Å². The van der Waals surface area contributed by atoms with E-state index in [1.54, 1.807) is 7.11 Å². The van der Waals surface area contributed by atoms with Crippen molar-refractivity contribution in [2.75, 3.05) is 19.9 Å². The molecule has 2 unspecified atom stereocenters. The van der Waals surface area contributed by atoms with Crippen LogP contribution >= 0.6 is 0 Å². The van der Waals surface area contributed by atoms with E-state index >= 15 is 0 Å². The summed E-state index contributed by atoms with van der Waals surface area (Å²) >= 11 is 0. The van der Waals surface area contributed by atoms with E-state index < -0.39 is 56.6 Å². The molecule has 85 heavy (non-hydrogen) atoms. The Balaban J connectivity index is 0.955. The van der Waals surface area contributed by atoms with E-state index in [1.165, 1.54) is 27.8 Å². The molecule has 0 saturated heterocycles. The number of benzene rings is 6. The minimum absolute atomic E-state index is 0.219. The number of carbonyl (C=O) groups is 2. The number of fused-ring (bicyclic) bond motifs is 3.